The lowest BCUT2D eigenvalue weighted by molar-refractivity contribution is -0.118. The fraction of sp³-hybridized carbons (Fsp3) is 0.533. The summed E-state index contributed by atoms with van der Waals surface area (Å²) in [5.41, 5.74) is 0.769. The van der Waals surface area contributed by atoms with E-state index in [-0.39, 0.29) is 5.91 Å². The summed E-state index contributed by atoms with van der Waals surface area (Å²) in [4.78, 5) is 14.0. The van der Waals surface area contributed by atoms with Crippen LogP contribution in [0, 0.1) is 0 Å². The molecule has 0 saturated carbocycles. The quantitative estimate of drug-likeness (QED) is 0.744. The van der Waals surface area contributed by atoms with E-state index in [9.17, 15) is 4.79 Å². The van der Waals surface area contributed by atoms with E-state index in [1.165, 1.54) is 0 Å². The van der Waals surface area contributed by atoms with Crippen LogP contribution in [0.1, 0.15) is 6.42 Å². The molecule has 0 heterocycles. The van der Waals surface area contributed by atoms with Gasteiger partial charge in [-0.25, -0.2) is 0 Å². The Morgan fingerprint density at radius 2 is 1.90 bits per heavy atom. The van der Waals surface area contributed by atoms with Gasteiger partial charge in [-0.2, -0.15) is 0 Å². The Morgan fingerprint density at radius 3 is 2.48 bits per heavy atom. The molecule has 0 aromatic heterocycles. The Labute approximate surface area is 126 Å². The van der Waals surface area contributed by atoms with Gasteiger partial charge in [-0.15, -0.1) is 0 Å². The number of nitrogens with one attached hydrogen (secondary N) is 1. The highest BCUT2D eigenvalue weighted by Crippen LogP contribution is 2.31. The summed E-state index contributed by atoms with van der Waals surface area (Å²) in [5.74, 6) is 1.27. The lowest BCUT2D eigenvalue weighted by atomic mass is 10.2. The molecule has 6 nitrogen and oxygen atoms in total. The highest BCUT2D eigenvalue weighted by Gasteiger charge is 2.17. The maximum atomic E-state index is 12.3. The zero-order valence-corrected chi connectivity index (χ0v) is 13.1. The standard InChI is InChI=1S/C15H24N2O4/c1-16-8-7-15(18)17(9-10-19-2)12-5-6-13(20-3)14(11-12)21-4/h5-6,11,16H,7-10H2,1-4H3. The summed E-state index contributed by atoms with van der Waals surface area (Å²) >= 11 is 0. The molecule has 0 fully saturated rings. The molecule has 21 heavy (non-hydrogen) atoms. The summed E-state index contributed by atoms with van der Waals surface area (Å²) < 4.78 is 15.6. The van der Waals surface area contributed by atoms with E-state index in [1.54, 1.807) is 38.4 Å². The Balaban J connectivity index is 2.98. The number of carbonyl (C=O) groups is 1. The van der Waals surface area contributed by atoms with Crippen LogP contribution in [-0.2, 0) is 9.53 Å². The largest absolute Gasteiger partial charge is 0.493 e. The fourth-order valence-electron chi connectivity index (χ4n) is 1.94. The molecule has 0 spiro atoms. The topological polar surface area (TPSA) is 60.0 Å². The van der Waals surface area contributed by atoms with Gasteiger partial charge < -0.3 is 24.4 Å². The number of amides is 1. The molecule has 0 bridgehead atoms. The lowest BCUT2D eigenvalue weighted by Crippen LogP contribution is -2.35. The zero-order chi connectivity index (χ0) is 15.7. The van der Waals surface area contributed by atoms with Crippen molar-refractivity contribution < 1.29 is 19.0 Å². The monoisotopic (exact) mass is 296 g/mol. The van der Waals surface area contributed by atoms with Crippen molar-refractivity contribution >= 4 is 11.6 Å². The second kappa shape index (κ2) is 9.20. The minimum absolute atomic E-state index is 0.0358. The van der Waals surface area contributed by atoms with Crippen LogP contribution >= 0.6 is 0 Å². The molecular formula is C15H24N2O4. The first kappa shape index (κ1) is 17.3. The van der Waals surface area contributed by atoms with Gasteiger partial charge in [0, 0.05) is 38.4 Å². The first-order valence-corrected chi connectivity index (χ1v) is 6.83. The maximum absolute atomic E-state index is 12.3. The van der Waals surface area contributed by atoms with E-state index in [2.05, 4.69) is 5.32 Å². The fourth-order valence-corrected chi connectivity index (χ4v) is 1.94. The van der Waals surface area contributed by atoms with Crippen molar-refractivity contribution in [3.05, 3.63) is 18.2 Å². The maximum Gasteiger partial charge on any atom is 0.228 e. The van der Waals surface area contributed by atoms with Crippen LogP contribution in [0.15, 0.2) is 18.2 Å². The van der Waals surface area contributed by atoms with Gasteiger partial charge in [0.05, 0.1) is 20.8 Å². The molecule has 6 heteroatoms. The van der Waals surface area contributed by atoms with Gasteiger partial charge in [-0.1, -0.05) is 0 Å². The Morgan fingerprint density at radius 1 is 1.19 bits per heavy atom. The van der Waals surface area contributed by atoms with Crippen LogP contribution in [0.4, 0.5) is 5.69 Å². The van der Waals surface area contributed by atoms with E-state index in [0.717, 1.165) is 5.69 Å². The molecule has 1 amide bonds. The van der Waals surface area contributed by atoms with E-state index < -0.39 is 0 Å². The van der Waals surface area contributed by atoms with Crippen LogP contribution in [0.5, 0.6) is 11.5 Å². The molecule has 0 radical (unpaired) electrons. The van der Waals surface area contributed by atoms with Crippen LogP contribution in [-0.4, -0.2) is 54.0 Å². The lowest BCUT2D eigenvalue weighted by Gasteiger charge is -2.23. The average Bonchev–Trinajstić information content (AvgIpc) is 2.52. The van der Waals surface area contributed by atoms with Crippen LogP contribution in [0.3, 0.4) is 0 Å². The number of nitrogens with zero attached hydrogens (tertiary/aromatic N) is 1. The van der Waals surface area contributed by atoms with E-state index in [0.29, 0.717) is 37.6 Å². The molecule has 1 rings (SSSR count). The van der Waals surface area contributed by atoms with Crippen LogP contribution in [0.25, 0.3) is 0 Å². The molecule has 1 aromatic carbocycles. The molecule has 1 N–H and O–H groups in total. The number of methoxy groups -OCH3 is 3. The summed E-state index contributed by atoms with van der Waals surface area (Å²) in [6.45, 7) is 1.60. The van der Waals surface area contributed by atoms with Crippen molar-refractivity contribution in [3.8, 4) is 11.5 Å². The predicted octanol–water partition coefficient (Wildman–Crippen LogP) is 1.29. The third kappa shape index (κ3) is 4.91. The number of rotatable bonds is 9. The summed E-state index contributed by atoms with van der Waals surface area (Å²) in [5, 5.41) is 2.98. The first-order chi connectivity index (χ1) is 10.2. The highest BCUT2D eigenvalue weighted by molar-refractivity contribution is 5.93. The van der Waals surface area contributed by atoms with Crippen molar-refractivity contribution in [3.63, 3.8) is 0 Å². The van der Waals surface area contributed by atoms with E-state index in [1.807, 2.05) is 13.1 Å². The van der Waals surface area contributed by atoms with Gasteiger partial charge in [0.2, 0.25) is 5.91 Å². The number of hydrogen-bond donors (Lipinski definition) is 1. The molecule has 0 saturated heterocycles. The zero-order valence-electron chi connectivity index (χ0n) is 13.1. The predicted molar refractivity (Wildman–Crippen MR) is 82.3 cm³/mol. The van der Waals surface area contributed by atoms with Crippen LogP contribution < -0.4 is 19.7 Å². The molecular weight excluding hydrogens is 272 g/mol. The van der Waals surface area contributed by atoms with Crippen molar-refractivity contribution in [1.82, 2.24) is 5.32 Å². The smallest absolute Gasteiger partial charge is 0.228 e. The van der Waals surface area contributed by atoms with Gasteiger partial charge in [-0.3, -0.25) is 4.79 Å². The molecule has 0 aliphatic carbocycles. The minimum Gasteiger partial charge on any atom is -0.493 e. The van der Waals surface area contributed by atoms with Crippen molar-refractivity contribution in [1.29, 1.82) is 0 Å². The average molecular weight is 296 g/mol. The number of carbonyl (C=O) groups excluding carboxylic acids is 1. The molecule has 0 aliphatic heterocycles. The first-order valence-electron chi connectivity index (χ1n) is 6.83. The third-order valence-corrected chi connectivity index (χ3v) is 3.09. The Hall–Kier alpha value is -1.79. The van der Waals surface area contributed by atoms with Gasteiger partial charge in [0.15, 0.2) is 11.5 Å². The van der Waals surface area contributed by atoms with Gasteiger partial charge in [-0.05, 0) is 19.2 Å². The van der Waals surface area contributed by atoms with Gasteiger partial charge in [0.25, 0.3) is 0 Å². The molecule has 0 atom stereocenters. The minimum atomic E-state index is 0.0358. The molecule has 0 aliphatic rings. The SMILES string of the molecule is CNCCC(=O)N(CCOC)c1ccc(OC)c(OC)c1. The molecule has 0 unspecified atom stereocenters. The van der Waals surface area contributed by atoms with E-state index in [4.69, 9.17) is 14.2 Å². The third-order valence-electron chi connectivity index (χ3n) is 3.09. The summed E-state index contributed by atoms with van der Waals surface area (Å²) in [6, 6.07) is 5.43. The van der Waals surface area contributed by atoms with Crippen molar-refractivity contribution in [2.45, 2.75) is 6.42 Å². The van der Waals surface area contributed by atoms with Crippen molar-refractivity contribution in [2.24, 2.45) is 0 Å². The second-order valence-electron chi connectivity index (χ2n) is 4.43. The highest BCUT2D eigenvalue weighted by atomic mass is 16.5. The van der Waals surface area contributed by atoms with Gasteiger partial charge in [0.1, 0.15) is 0 Å². The Bertz CT molecular complexity index is 451. The van der Waals surface area contributed by atoms with E-state index >= 15 is 0 Å². The van der Waals surface area contributed by atoms with Crippen molar-refractivity contribution in [2.75, 3.05) is 53.0 Å². The summed E-state index contributed by atoms with van der Waals surface area (Å²) in [6.07, 6.45) is 0.425. The number of hydrogen-bond acceptors (Lipinski definition) is 5. The normalized spacial score (nSPS) is 10.3. The van der Waals surface area contributed by atoms with Crippen LogP contribution in [0.2, 0.25) is 0 Å². The summed E-state index contributed by atoms with van der Waals surface area (Å²) in [7, 11) is 6.59. The number of anilines is 1. The molecule has 1 aromatic rings. The second-order valence-corrected chi connectivity index (χ2v) is 4.43. The van der Waals surface area contributed by atoms with Gasteiger partial charge >= 0.3 is 0 Å². The number of benzene rings is 1. The molecule has 118 valence electrons. The Kier molecular flexibility index (Phi) is 7.56. The number of ether oxygens (including phenoxy) is 3.